The van der Waals surface area contributed by atoms with E-state index in [1.165, 1.54) is 0 Å². The second-order valence-electron chi connectivity index (χ2n) is 3.98. The van der Waals surface area contributed by atoms with Crippen LogP contribution in [0.15, 0.2) is 11.2 Å². The summed E-state index contributed by atoms with van der Waals surface area (Å²) in [4.78, 5) is 8.88. The highest BCUT2D eigenvalue weighted by Gasteiger charge is 2.06. The number of anilines is 2. The average Bonchev–Trinajstić information content (AvgIpc) is 2.36. The third kappa shape index (κ3) is 5.35. The van der Waals surface area contributed by atoms with Crippen molar-refractivity contribution in [3.63, 3.8) is 0 Å². The maximum atomic E-state index is 4.48. The van der Waals surface area contributed by atoms with Crippen LogP contribution in [0.1, 0.15) is 20.3 Å². The summed E-state index contributed by atoms with van der Waals surface area (Å²) in [5, 5.41) is 7.46. The van der Waals surface area contributed by atoms with E-state index >= 15 is 0 Å². The van der Waals surface area contributed by atoms with E-state index in [-0.39, 0.29) is 0 Å². The van der Waals surface area contributed by atoms with E-state index in [0.717, 1.165) is 35.5 Å². The van der Waals surface area contributed by atoms with Crippen molar-refractivity contribution in [1.82, 2.24) is 9.97 Å². The zero-order valence-electron chi connectivity index (χ0n) is 11.5. The highest BCUT2D eigenvalue weighted by atomic mass is 32.2. The quantitative estimate of drug-likeness (QED) is 0.565. The van der Waals surface area contributed by atoms with Gasteiger partial charge in [-0.25, -0.2) is 9.97 Å². The lowest BCUT2D eigenvalue weighted by atomic mass is 10.2. The Balaban J connectivity index is 2.71. The lowest BCUT2D eigenvalue weighted by molar-refractivity contribution is 0.761. The van der Waals surface area contributed by atoms with Crippen LogP contribution in [0.25, 0.3) is 0 Å². The first-order valence-electron chi connectivity index (χ1n) is 6.12. The Morgan fingerprint density at radius 2 is 2.00 bits per heavy atom. The minimum atomic E-state index is 0.427. The van der Waals surface area contributed by atoms with Gasteiger partial charge in [0.05, 0.1) is 0 Å². The molecule has 1 rings (SSSR count). The molecule has 0 amide bonds. The van der Waals surface area contributed by atoms with Gasteiger partial charge in [0.15, 0.2) is 5.16 Å². The molecule has 18 heavy (non-hydrogen) atoms. The summed E-state index contributed by atoms with van der Waals surface area (Å²) in [5.41, 5.74) is 0. The topological polar surface area (TPSA) is 49.8 Å². The molecule has 1 aromatic rings. The van der Waals surface area contributed by atoms with E-state index in [9.17, 15) is 0 Å². The first-order valence-corrected chi connectivity index (χ1v) is 8.73. The molecular formula is C12H22N4S2. The van der Waals surface area contributed by atoms with Crippen molar-refractivity contribution < 1.29 is 0 Å². The van der Waals surface area contributed by atoms with Crippen LogP contribution in [0.4, 0.5) is 11.6 Å². The van der Waals surface area contributed by atoms with E-state index in [4.69, 9.17) is 0 Å². The van der Waals surface area contributed by atoms with Crippen molar-refractivity contribution in [3.05, 3.63) is 6.07 Å². The van der Waals surface area contributed by atoms with E-state index in [1.807, 2.05) is 24.1 Å². The van der Waals surface area contributed by atoms with Gasteiger partial charge in [-0.3, -0.25) is 0 Å². The summed E-state index contributed by atoms with van der Waals surface area (Å²) >= 11 is 3.43. The van der Waals surface area contributed by atoms with Crippen molar-refractivity contribution in [2.24, 2.45) is 0 Å². The Morgan fingerprint density at radius 1 is 1.28 bits per heavy atom. The molecule has 0 spiro atoms. The summed E-state index contributed by atoms with van der Waals surface area (Å²) in [6.07, 6.45) is 5.26. The molecule has 102 valence electrons. The Morgan fingerprint density at radius 3 is 2.61 bits per heavy atom. The number of nitrogens with one attached hydrogen (secondary N) is 2. The van der Waals surface area contributed by atoms with Gasteiger partial charge in [0.1, 0.15) is 11.6 Å². The van der Waals surface area contributed by atoms with Crippen molar-refractivity contribution in [2.45, 2.75) is 31.5 Å². The SMILES string of the molecule is CCNc1cc(NC(C)CCSC)nc(SC)n1. The van der Waals surface area contributed by atoms with Gasteiger partial charge < -0.3 is 10.6 Å². The fraction of sp³-hybridized carbons (Fsp3) is 0.667. The predicted octanol–water partition coefficient (Wildman–Crippen LogP) is 3.18. The molecule has 0 aromatic carbocycles. The second-order valence-corrected chi connectivity index (χ2v) is 5.74. The Kier molecular flexibility index (Phi) is 7.27. The second kappa shape index (κ2) is 8.48. The minimum Gasteiger partial charge on any atom is -0.370 e. The fourth-order valence-corrected chi connectivity index (χ4v) is 2.45. The van der Waals surface area contributed by atoms with Gasteiger partial charge in [-0.2, -0.15) is 11.8 Å². The molecule has 0 aliphatic heterocycles. The third-order valence-corrected chi connectivity index (χ3v) is 3.59. The summed E-state index contributed by atoms with van der Waals surface area (Å²) in [7, 11) is 0. The van der Waals surface area contributed by atoms with Crippen LogP contribution < -0.4 is 10.6 Å². The van der Waals surface area contributed by atoms with Crippen molar-refractivity contribution in [3.8, 4) is 0 Å². The largest absolute Gasteiger partial charge is 0.370 e. The maximum absolute atomic E-state index is 4.48. The maximum Gasteiger partial charge on any atom is 0.191 e. The van der Waals surface area contributed by atoms with Crippen LogP contribution in [0.5, 0.6) is 0 Å². The molecular weight excluding hydrogens is 264 g/mol. The zero-order chi connectivity index (χ0) is 13.4. The smallest absolute Gasteiger partial charge is 0.191 e. The van der Waals surface area contributed by atoms with Gasteiger partial charge >= 0.3 is 0 Å². The molecule has 0 saturated carbocycles. The van der Waals surface area contributed by atoms with Gasteiger partial charge in [0, 0.05) is 18.7 Å². The minimum absolute atomic E-state index is 0.427. The lowest BCUT2D eigenvalue weighted by Gasteiger charge is -2.15. The summed E-state index contributed by atoms with van der Waals surface area (Å²) < 4.78 is 0. The van der Waals surface area contributed by atoms with Crippen LogP contribution in [-0.2, 0) is 0 Å². The van der Waals surface area contributed by atoms with Crippen LogP contribution >= 0.6 is 23.5 Å². The number of rotatable bonds is 8. The molecule has 0 radical (unpaired) electrons. The van der Waals surface area contributed by atoms with Crippen LogP contribution in [0, 0.1) is 0 Å². The van der Waals surface area contributed by atoms with Crippen molar-refractivity contribution in [2.75, 3.05) is 35.4 Å². The fourth-order valence-electron chi connectivity index (χ4n) is 1.48. The van der Waals surface area contributed by atoms with Crippen molar-refractivity contribution in [1.29, 1.82) is 0 Å². The average molecular weight is 286 g/mol. The molecule has 0 aliphatic carbocycles. The lowest BCUT2D eigenvalue weighted by Crippen LogP contribution is -2.17. The molecule has 1 atom stereocenters. The molecule has 1 unspecified atom stereocenters. The van der Waals surface area contributed by atoms with Crippen LogP contribution in [0.2, 0.25) is 0 Å². The Hall–Kier alpha value is -0.620. The summed E-state index contributed by atoms with van der Waals surface area (Å²) in [6, 6.07) is 2.40. The molecule has 0 saturated heterocycles. The molecule has 6 heteroatoms. The Bertz CT molecular complexity index is 360. The van der Waals surface area contributed by atoms with Gasteiger partial charge in [-0.05, 0) is 38.5 Å². The van der Waals surface area contributed by atoms with Gasteiger partial charge in [0.2, 0.25) is 0 Å². The summed E-state index contributed by atoms with van der Waals surface area (Å²) in [6.45, 7) is 5.12. The van der Waals surface area contributed by atoms with Crippen molar-refractivity contribution >= 4 is 35.2 Å². The molecule has 2 N–H and O–H groups in total. The number of thioether (sulfide) groups is 2. The molecule has 0 fully saturated rings. The van der Waals surface area contributed by atoms with E-state index in [0.29, 0.717) is 6.04 Å². The molecule has 0 bridgehead atoms. The zero-order valence-corrected chi connectivity index (χ0v) is 13.1. The highest BCUT2D eigenvalue weighted by Crippen LogP contribution is 2.18. The van der Waals surface area contributed by atoms with Crippen LogP contribution in [-0.4, -0.2) is 40.8 Å². The molecule has 4 nitrogen and oxygen atoms in total. The summed E-state index contributed by atoms with van der Waals surface area (Å²) in [5.74, 6) is 2.95. The van der Waals surface area contributed by atoms with Crippen LogP contribution in [0.3, 0.4) is 0 Å². The number of hydrogen-bond donors (Lipinski definition) is 2. The third-order valence-electron chi connectivity index (χ3n) is 2.40. The first kappa shape index (κ1) is 15.4. The highest BCUT2D eigenvalue weighted by molar-refractivity contribution is 7.98. The number of hydrogen-bond acceptors (Lipinski definition) is 6. The normalized spacial score (nSPS) is 12.2. The number of nitrogens with zero attached hydrogens (tertiary/aromatic N) is 2. The standard InChI is InChI=1S/C12H22N4S2/c1-5-13-10-8-11(16-12(15-10)18-4)14-9(2)6-7-17-3/h8-9H,5-7H2,1-4H3,(H2,13,14,15,16). The molecule has 1 aromatic heterocycles. The molecule has 0 aliphatic rings. The van der Waals surface area contributed by atoms with Gasteiger partial charge in [0.25, 0.3) is 0 Å². The monoisotopic (exact) mass is 286 g/mol. The Labute approximate surface area is 118 Å². The van der Waals surface area contributed by atoms with E-state index in [1.54, 1.807) is 11.8 Å². The van der Waals surface area contributed by atoms with E-state index < -0.39 is 0 Å². The van der Waals surface area contributed by atoms with E-state index in [2.05, 4.69) is 40.7 Å². The first-order chi connectivity index (χ1) is 8.69. The number of aromatic nitrogens is 2. The predicted molar refractivity (Wildman–Crippen MR) is 84.1 cm³/mol. The van der Waals surface area contributed by atoms with Gasteiger partial charge in [-0.15, -0.1) is 0 Å². The molecule has 1 heterocycles. The van der Waals surface area contributed by atoms with Gasteiger partial charge in [-0.1, -0.05) is 11.8 Å².